The molecule has 0 saturated heterocycles. The van der Waals surface area contributed by atoms with Gasteiger partial charge in [0.15, 0.2) is 0 Å². The molecule has 0 rings (SSSR count). The van der Waals surface area contributed by atoms with Gasteiger partial charge in [-0.25, -0.2) is 0 Å². The van der Waals surface area contributed by atoms with Gasteiger partial charge in [-0.05, 0) is 6.42 Å². The third kappa shape index (κ3) is 22.7. The molecule has 2 N–H and O–H groups in total. The molecule has 0 aromatic heterocycles. The Morgan fingerprint density at radius 1 is 0.630 bits per heavy atom. The van der Waals surface area contributed by atoms with Gasteiger partial charge in [0.25, 0.3) is 0 Å². The summed E-state index contributed by atoms with van der Waals surface area (Å²) in [5.74, 6) is -2.72. The van der Waals surface area contributed by atoms with Crippen molar-refractivity contribution in [3.63, 3.8) is 0 Å². The van der Waals surface area contributed by atoms with Crippen molar-refractivity contribution < 1.29 is 19.8 Å². The number of unbranched alkanes of at least 4 members (excludes halogenated alkanes) is 15. The Morgan fingerprint density at radius 3 is 1.26 bits per heavy atom. The molecule has 0 aromatic rings. The first-order chi connectivity index (χ1) is 12.6. The fourth-order valence-electron chi connectivity index (χ4n) is 3.46. The van der Waals surface area contributed by atoms with Crippen LogP contribution in [-0.2, 0) is 9.59 Å². The van der Waals surface area contributed by atoms with Gasteiger partial charge in [-0.1, -0.05) is 110 Å². The van der Waals surface area contributed by atoms with Crippen LogP contribution < -0.4 is 0 Å². The predicted molar refractivity (Wildman–Crippen MR) is 115 cm³/mol. The standard InChI is InChI=1S/C22H42O4.K.H/c1-2-3-4-5-6-7-8-9-10-11-12-13-14-15-16-17-18-20(22(25)26)19-21(23)24;;/h20H,2-19H2,1H3,(H,23,24)(H,25,26);;. The summed E-state index contributed by atoms with van der Waals surface area (Å²) in [4.78, 5) is 21.6. The van der Waals surface area contributed by atoms with Crippen molar-refractivity contribution in [3.05, 3.63) is 0 Å². The second kappa shape index (κ2) is 22.9. The molecule has 1 unspecified atom stereocenters. The van der Waals surface area contributed by atoms with E-state index in [1.54, 1.807) is 0 Å². The number of aliphatic carboxylic acids is 2. The van der Waals surface area contributed by atoms with E-state index >= 15 is 0 Å². The molecule has 0 aliphatic carbocycles. The first-order valence-corrected chi connectivity index (χ1v) is 11.0. The Labute approximate surface area is 209 Å². The first-order valence-electron chi connectivity index (χ1n) is 11.0. The minimum absolute atomic E-state index is 0. The number of carboxylic acid groups (broad SMARTS) is 2. The Hall–Kier alpha value is 0.576. The van der Waals surface area contributed by atoms with Crippen molar-refractivity contribution >= 4 is 63.3 Å². The Kier molecular flexibility index (Phi) is 25.2. The Balaban J connectivity index is 0. The molecule has 0 saturated carbocycles. The van der Waals surface area contributed by atoms with Crippen LogP contribution in [0.1, 0.15) is 122 Å². The van der Waals surface area contributed by atoms with Crippen molar-refractivity contribution in [2.75, 3.05) is 0 Å². The Morgan fingerprint density at radius 2 is 0.963 bits per heavy atom. The van der Waals surface area contributed by atoms with E-state index in [1.165, 1.54) is 83.5 Å². The summed E-state index contributed by atoms with van der Waals surface area (Å²) in [5.41, 5.74) is 0. The normalized spacial score (nSPS) is 11.7. The van der Waals surface area contributed by atoms with Crippen LogP contribution in [0.2, 0.25) is 0 Å². The van der Waals surface area contributed by atoms with Crippen molar-refractivity contribution in [2.24, 2.45) is 5.92 Å². The van der Waals surface area contributed by atoms with Gasteiger partial charge in [0.2, 0.25) is 0 Å². The molecule has 156 valence electrons. The van der Waals surface area contributed by atoms with Crippen LogP contribution in [-0.4, -0.2) is 73.5 Å². The molecule has 5 heteroatoms. The summed E-state index contributed by atoms with van der Waals surface area (Å²) >= 11 is 0. The summed E-state index contributed by atoms with van der Waals surface area (Å²) in [6.45, 7) is 2.26. The van der Waals surface area contributed by atoms with Crippen LogP contribution in [0.15, 0.2) is 0 Å². The molecule has 4 nitrogen and oxygen atoms in total. The topological polar surface area (TPSA) is 74.6 Å². The van der Waals surface area contributed by atoms with E-state index in [4.69, 9.17) is 10.2 Å². The fourth-order valence-corrected chi connectivity index (χ4v) is 3.46. The molecular weight excluding hydrogens is 367 g/mol. The SMILES string of the molecule is CCCCCCCCCCCCCCCCCCC(CC(=O)O)C(=O)O.[KH]. The van der Waals surface area contributed by atoms with Crippen LogP contribution in [0, 0.1) is 5.92 Å². The van der Waals surface area contributed by atoms with Crippen LogP contribution in [0.5, 0.6) is 0 Å². The summed E-state index contributed by atoms with van der Waals surface area (Å²) in [7, 11) is 0. The van der Waals surface area contributed by atoms with E-state index in [1.807, 2.05) is 0 Å². The number of carbonyl (C=O) groups is 2. The summed E-state index contributed by atoms with van der Waals surface area (Å²) < 4.78 is 0. The summed E-state index contributed by atoms with van der Waals surface area (Å²) in [6, 6.07) is 0. The van der Waals surface area contributed by atoms with Gasteiger partial charge in [0, 0.05) is 0 Å². The molecular formula is C22H43KO4. The average Bonchev–Trinajstić information content (AvgIpc) is 2.59. The number of rotatable bonds is 20. The number of hydrogen-bond donors (Lipinski definition) is 2. The van der Waals surface area contributed by atoms with Crippen LogP contribution >= 0.6 is 0 Å². The van der Waals surface area contributed by atoms with Crippen molar-refractivity contribution in [3.8, 4) is 0 Å². The molecule has 0 radical (unpaired) electrons. The monoisotopic (exact) mass is 410 g/mol. The molecule has 1 atom stereocenters. The fraction of sp³-hybridized carbons (Fsp3) is 0.909. The molecule has 0 bridgehead atoms. The zero-order valence-corrected chi connectivity index (χ0v) is 17.0. The number of hydrogen-bond acceptors (Lipinski definition) is 2. The maximum atomic E-state index is 11.0. The maximum absolute atomic E-state index is 11.0. The third-order valence-electron chi connectivity index (χ3n) is 5.18. The van der Waals surface area contributed by atoms with Crippen molar-refractivity contribution in [1.29, 1.82) is 0 Å². The number of carboxylic acids is 2. The van der Waals surface area contributed by atoms with Gasteiger partial charge in [-0.2, -0.15) is 0 Å². The summed E-state index contributed by atoms with van der Waals surface area (Å²) in [5, 5.41) is 17.7. The molecule has 0 amide bonds. The zero-order chi connectivity index (χ0) is 19.5. The zero-order valence-electron chi connectivity index (χ0n) is 17.0. The van der Waals surface area contributed by atoms with Crippen LogP contribution in [0.4, 0.5) is 0 Å². The average molecular weight is 411 g/mol. The van der Waals surface area contributed by atoms with Gasteiger partial charge in [-0.15, -0.1) is 0 Å². The first kappa shape index (κ1) is 29.8. The molecule has 0 aromatic carbocycles. The second-order valence-electron chi connectivity index (χ2n) is 7.72. The molecule has 0 aliphatic rings. The minimum atomic E-state index is -1.02. The molecule has 0 fully saturated rings. The van der Waals surface area contributed by atoms with E-state index in [-0.39, 0.29) is 57.8 Å². The van der Waals surface area contributed by atoms with Crippen LogP contribution in [0.25, 0.3) is 0 Å². The van der Waals surface area contributed by atoms with E-state index in [2.05, 4.69) is 6.92 Å². The summed E-state index contributed by atoms with van der Waals surface area (Å²) in [6.07, 6.45) is 20.9. The van der Waals surface area contributed by atoms with Crippen LogP contribution in [0.3, 0.4) is 0 Å². The molecule has 27 heavy (non-hydrogen) atoms. The van der Waals surface area contributed by atoms with Gasteiger partial charge in [0.05, 0.1) is 12.3 Å². The van der Waals surface area contributed by atoms with E-state index in [0.29, 0.717) is 6.42 Å². The second-order valence-corrected chi connectivity index (χ2v) is 7.72. The van der Waals surface area contributed by atoms with Crippen molar-refractivity contribution in [2.45, 2.75) is 122 Å². The van der Waals surface area contributed by atoms with Gasteiger partial charge < -0.3 is 10.2 Å². The molecule has 0 aliphatic heterocycles. The van der Waals surface area contributed by atoms with Crippen molar-refractivity contribution in [1.82, 2.24) is 0 Å². The van der Waals surface area contributed by atoms with E-state index in [0.717, 1.165) is 19.3 Å². The van der Waals surface area contributed by atoms with Gasteiger partial charge in [0.1, 0.15) is 0 Å². The van der Waals surface area contributed by atoms with E-state index in [9.17, 15) is 9.59 Å². The molecule has 0 spiro atoms. The van der Waals surface area contributed by atoms with Gasteiger partial charge >= 0.3 is 63.3 Å². The predicted octanol–water partition coefficient (Wildman–Crippen LogP) is 6.17. The van der Waals surface area contributed by atoms with Gasteiger partial charge in [-0.3, -0.25) is 9.59 Å². The van der Waals surface area contributed by atoms with E-state index < -0.39 is 17.9 Å². The molecule has 0 heterocycles. The quantitative estimate of drug-likeness (QED) is 0.186. The Bertz CT molecular complexity index is 347. The third-order valence-corrected chi connectivity index (χ3v) is 5.18.